The Bertz CT molecular complexity index is 553. The second-order valence-corrected chi connectivity index (χ2v) is 6.78. The van der Waals surface area contributed by atoms with Crippen molar-refractivity contribution in [2.45, 2.75) is 17.8 Å². The van der Waals surface area contributed by atoms with Gasteiger partial charge in [-0.15, -0.1) is 0 Å². The molecule has 6 nitrogen and oxygen atoms in total. The van der Waals surface area contributed by atoms with Gasteiger partial charge in [0, 0.05) is 32.4 Å². The van der Waals surface area contributed by atoms with E-state index in [2.05, 4.69) is 4.72 Å². The Morgan fingerprint density at radius 2 is 2.20 bits per heavy atom. The molecule has 0 bridgehead atoms. The van der Waals surface area contributed by atoms with Crippen molar-refractivity contribution in [2.24, 2.45) is 0 Å². The minimum atomic E-state index is -3.46. The van der Waals surface area contributed by atoms with Gasteiger partial charge in [-0.05, 0) is 11.6 Å². The van der Waals surface area contributed by atoms with Crippen LogP contribution in [0.3, 0.4) is 0 Å². The summed E-state index contributed by atoms with van der Waals surface area (Å²) in [5.74, 6) is -0.139. The number of nitrogens with one attached hydrogen (secondary N) is 1. The van der Waals surface area contributed by atoms with Gasteiger partial charge in [-0.25, -0.2) is 13.1 Å². The van der Waals surface area contributed by atoms with Gasteiger partial charge in [0.2, 0.25) is 10.0 Å². The lowest BCUT2D eigenvalue weighted by atomic mass is 10.0. The molecule has 0 aromatic heterocycles. The highest BCUT2D eigenvalue weighted by atomic mass is 32.2. The maximum atomic E-state index is 12.1. The van der Waals surface area contributed by atoms with E-state index >= 15 is 0 Å². The predicted molar refractivity (Wildman–Crippen MR) is 76.7 cm³/mol. The number of nitrogens with two attached hydrogens (primary N) is 1. The van der Waals surface area contributed by atoms with Gasteiger partial charge in [0.1, 0.15) is 5.60 Å². The van der Waals surface area contributed by atoms with E-state index in [0.717, 1.165) is 0 Å². The van der Waals surface area contributed by atoms with Crippen molar-refractivity contribution in [2.75, 3.05) is 32.6 Å². The van der Waals surface area contributed by atoms with E-state index in [4.69, 9.17) is 15.2 Å². The zero-order valence-electron chi connectivity index (χ0n) is 11.5. The molecule has 1 aliphatic rings. The van der Waals surface area contributed by atoms with Crippen LogP contribution in [0, 0.1) is 0 Å². The van der Waals surface area contributed by atoms with Crippen LogP contribution in [0.5, 0.6) is 0 Å². The molecule has 112 valence electrons. The van der Waals surface area contributed by atoms with Crippen LogP contribution in [0.15, 0.2) is 24.3 Å². The quantitative estimate of drug-likeness (QED) is 0.746. The predicted octanol–water partition coefficient (Wildman–Crippen LogP) is 0.494. The molecule has 3 N–H and O–H groups in total. The molecule has 1 unspecified atom stereocenters. The molecule has 2 rings (SSSR count). The number of rotatable bonds is 6. The van der Waals surface area contributed by atoms with Crippen LogP contribution in [-0.2, 0) is 25.2 Å². The highest BCUT2D eigenvalue weighted by molar-refractivity contribution is 7.88. The highest BCUT2D eigenvalue weighted by Gasteiger charge is 2.36. The molecule has 7 heteroatoms. The molecule has 0 aliphatic carbocycles. The van der Waals surface area contributed by atoms with E-state index in [1.807, 2.05) is 0 Å². The molecule has 1 saturated heterocycles. The van der Waals surface area contributed by atoms with Crippen molar-refractivity contribution in [1.82, 2.24) is 4.72 Å². The van der Waals surface area contributed by atoms with E-state index in [9.17, 15) is 8.42 Å². The second-order valence-electron chi connectivity index (χ2n) is 4.97. The molecule has 1 heterocycles. The summed E-state index contributed by atoms with van der Waals surface area (Å²) in [5, 5.41) is 0. The van der Waals surface area contributed by atoms with Crippen LogP contribution in [0.4, 0.5) is 5.69 Å². The Morgan fingerprint density at radius 1 is 1.45 bits per heavy atom. The molecule has 1 aromatic rings. The SMILES string of the molecule is COC1(CNS(=O)(=O)Cc2ccccc2N)CCOC1. The molecule has 1 aromatic carbocycles. The Morgan fingerprint density at radius 3 is 2.80 bits per heavy atom. The fraction of sp³-hybridized carbons (Fsp3) is 0.538. The lowest BCUT2D eigenvalue weighted by molar-refractivity contribution is -0.0120. The van der Waals surface area contributed by atoms with Crippen LogP contribution < -0.4 is 10.5 Å². The van der Waals surface area contributed by atoms with Crippen molar-refractivity contribution in [3.05, 3.63) is 29.8 Å². The van der Waals surface area contributed by atoms with Crippen LogP contribution in [0.25, 0.3) is 0 Å². The molecule has 0 radical (unpaired) electrons. The standard InChI is InChI=1S/C13H20N2O4S/c1-18-13(6-7-19-10-13)9-15-20(16,17)8-11-4-2-3-5-12(11)14/h2-5,15H,6-10,14H2,1H3. The zero-order chi connectivity index (χ0) is 14.6. The summed E-state index contributed by atoms with van der Waals surface area (Å²) in [6.07, 6.45) is 0.680. The Balaban J connectivity index is 1.99. The van der Waals surface area contributed by atoms with Crippen LogP contribution in [-0.4, -0.2) is 40.9 Å². The first kappa shape index (κ1) is 15.2. The van der Waals surface area contributed by atoms with Crippen molar-refractivity contribution < 1.29 is 17.9 Å². The smallest absolute Gasteiger partial charge is 0.215 e. The first-order valence-electron chi connectivity index (χ1n) is 6.40. The number of methoxy groups -OCH3 is 1. The van der Waals surface area contributed by atoms with Crippen molar-refractivity contribution in [3.8, 4) is 0 Å². The minimum absolute atomic E-state index is 0.139. The molecular weight excluding hydrogens is 280 g/mol. The highest BCUT2D eigenvalue weighted by Crippen LogP contribution is 2.22. The summed E-state index contributed by atoms with van der Waals surface area (Å²) >= 11 is 0. The Kier molecular flexibility index (Phi) is 4.64. The Hall–Kier alpha value is -1.15. The molecule has 0 spiro atoms. The summed E-state index contributed by atoms with van der Waals surface area (Å²) in [6, 6.07) is 6.93. The van der Waals surface area contributed by atoms with Crippen LogP contribution in [0.2, 0.25) is 0 Å². The largest absolute Gasteiger partial charge is 0.398 e. The average Bonchev–Trinajstić information content (AvgIpc) is 2.89. The molecule has 1 aliphatic heterocycles. The summed E-state index contributed by atoms with van der Waals surface area (Å²) < 4.78 is 37.5. The van der Waals surface area contributed by atoms with E-state index in [1.54, 1.807) is 31.4 Å². The average molecular weight is 300 g/mol. The molecule has 1 fully saturated rings. The van der Waals surface area contributed by atoms with Crippen LogP contribution >= 0.6 is 0 Å². The fourth-order valence-electron chi connectivity index (χ4n) is 2.12. The number of hydrogen-bond acceptors (Lipinski definition) is 5. The minimum Gasteiger partial charge on any atom is -0.398 e. The van der Waals surface area contributed by atoms with E-state index < -0.39 is 15.6 Å². The second kappa shape index (κ2) is 6.09. The molecule has 1 atom stereocenters. The number of benzene rings is 1. The maximum Gasteiger partial charge on any atom is 0.215 e. The van der Waals surface area contributed by atoms with Gasteiger partial charge in [0.15, 0.2) is 0 Å². The third-order valence-electron chi connectivity index (χ3n) is 3.52. The molecule has 20 heavy (non-hydrogen) atoms. The van der Waals surface area contributed by atoms with Gasteiger partial charge < -0.3 is 15.2 Å². The lowest BCUT2D eigenvalue weighted by Crippen LogP contribution is -2.45. The molecular formula is C13H20N2O4S. The van der Waals surface area contributed by atoms with Crippen molar-refractivity contribution in [3.63, 3.8) is 0 Å². The summed E-state index contributed by atoms with van der Waals surface area (Å²) in [7, 11) is -1.89. The molecule has 0 saturated carbocycles. The monoisotopic (exact) mass is 300 g/mol. The van der Waals surface area contributed by atoms with Crippen LogP contribution in [0.1, 0.15) is 12.0 Å². The number of sulfonamides is 1. The van der Waals surface area contributed by atoms with Gasteiger partial charge in [0.25, 0.3) is 0 Å². The number of hydrogen-bond donors (Lipinski definition) is 2. The van der Waals surface area contributed by atoms with Crippen molar-refractivity contribution in [1.29, 1.82) is 0 Å². The van der Waals surface area contributed by atoms with Gasteiger partial charge in [0.05, 0.1) is 12.4 Å². The van der Waals surface area contributed by atoms with Gasteiger partial charge in [-0.2, -0.15) is 0 Å². The summed E-state index contributed by atoms with van der Waals surface area (Å²) in [4.78, 5) is 0. The zero-order valence-corrected chi connectivity index (χ0v) is 12.3. The Labute approximate surface area is 119 Å². The first-order chi connectivity index (χ1) is 9.46. The molecule has 0 amide bonds. The summed E-state index contributed by atoms with van der Waals surface area (Å²) in [6.45, 7) is 1.19. The number of para-hydroxylation sites is 1. The third kappa shape index (κ3) is 3.69. The number of ether oxygens (including phenoxy) is 2. The number of nitrogen functional groups attached to an aromatic ring is 1. The van der Waals surface area contributed by atoms with Crippen molar-refractivity contribution >= 4 is 15.7 Å². The van der Waals surface area contributed by atoms with E-state index in [0.29, 0.717) is 30.9 Å². The van der Waals surface area contributed by atoms with Gasteiger partial charge in [-0.1, -0.05) is 18.2 Å². The maximum absolute atomic E-state index is 12.1. The normalized spacial score (nSPS) is 23.1. The first-order valence-corrected chi connectivity index (χ1v) is 8.05. The lowest BCUT2D eigenvalue weighted by Gasteiger charge is -2.25. The van der Waals surface area contributed by atoms with Gasteiger partial charge in [-0.3, -0.25) is 0 Å². The third-order valence-corrected chi connectivity index (χ3v) is 4.79. The van der Waals surface area contributed by atoms with E-state index in [1.165, 1.54) is 0 Å². The van der Waals surface area contributed by atoms with E-state index in [-0.39, 0.29) is 12.3 Å². The summed E-state index contributed by atoms with van der Waals surface area (Å²) in [5.41, 5.74) is 6.27. The van der Waals surface area contributed by atoms with Gasteiger partial charge >= 0.3 is 0 Å². The number of anilines is 1. The fourth-order valence-corrected chi connectivity index (χ4v) is 3.38. The topological polar surface area (TPSA) is 90.7 Å².